The number of benzene rings is 2. The molecule has 0 fully saturated rings. The third kappa shape index (κ3) is 7.02. The predicted octanol–water partition coefficient (Wildman–Crippen LogP) is 6.62. The van der Waals surface area contributed by atoms with Crippen LogP contribution in [0.2, 0.25) is 5.02 Å². The maximum Gasteiger partial charge on any atom is 0.416 e. The van der Waals surface area contributed by atoms with E-state index in [1.54, 1.807) is 10.6 Å². The molecule has 186 valence electrons. The lowest BCUT2D eigenvalue weighted by Crippen LogP contribution is -2.16. The molecule has 3 aromatic rings. The van der Waals surface area contributed by atoms with Crippen molar-refractivity contribution in [3.63, 3.8) is 0 Å². The Bertz CT molecular complexity index is 1210. The van der Waals surface area contributed by atoms with Gasteiger partial charge in [0.15, 0.2) is 17.1 Å². The first-order chi connectivity index (χ1) is 16.5. The number of carbonyl (C=O) groups excluding carboxylic acids is 1. The zero-order chi connectivity index (χ0) is 25.8. The number of alkyl halides is 3. The Morgan fingerprint density at radius 3 is 2.54 bits per heavy atom. The third-order valence-corrected chi connectivity index (χ3v) is 6.13. The van der Waals surface area contributed by atoms with Gasteiger partial charge in [-0.2, -0.15) is 13.2 Å². The normalized spacial score (nSPS) is 12.3. The van der Waals surface area contributed by atoms with E-state index in [1.807, 2.05) is 39.0 Å². The standard InChI is InChI=1S/C24H24ClF3N4O2S/c1-5-8-32-22(16(4)34-18-10-14(2)9-15(3)11-18)30-31-23(32)35-13-21(33)29-20-12-17(24(26,27)28)6-7-19(20)25/h5-7,9-12,16H,1,8,13H2,2-4H3,(H,29,33). The molecule has 1 atom stereocenters. The van der Waals surface area contributed by atoms with Crippen LogP contribution in [-0.2, 0) is 17.5 Å². The van der Waals surface area contributed by atoms with Crippen LogP contribution in [0.5, 0.6) is 5.75 Å². The SMILES string of the molecule is C=CCn1c(SCC(=O)Nc2cc(C(F)(F)F)ccc2Cl)nnc1C(C)Oc1cc(C)cc(C)c1. The van der Waals surface area contributed by atoms with Crippen LogP contribution in [0.3, 0.4) is 0 Å². The summed E-state index contributed by atoms with van der Waals surface area (Å²) in [5, 5.41) is 11.3. The average molecular weight is 525 g/mol. The van der Waals surface area contributed by atoms with Crippen LogP contribution in [-0.4, -0.2) is 26.4 Å². The van der Waals surface area contributed by atoms with Crippen LogP contribution < -0.4 is 10.1 Å². The lowest BCUT2D eigenvalue weighted by Gasteiger charge is -2.16. The van der Waals surface area contributed by atoms with Gasteiger partial charge in [-0.25, -0.2) is 0 Å². The number of halogens is 4. The summed E-state index contributed by atoms with van der Waals surface area (Å²) in [6, 6.07) is 8.65. The molecule has 2 aromatic carbocycles. The predicted molar refractivity (Wildman–Crippen MR) is 131 cm³/mol. The molecule has 35 heavy (non-hydrogen) atoms. The number of nitrogens with one attached hydrogen (secondary N) is 1. The van der Waals surface area contributed by atoms with Crippen LogP contribution >= 0.6 is 23.4 Å². The monoisotopic (exact) mass is 524 g/mol. The van der Waals surface area contributed by atoms with E-state index in [-0.39, 0.29) is 16.5 Å². The number of allylic oxidation sites excluding steroid dienone is 1. The molecule has 0 aliphatic rings. The lowest BCUT2D eigenvalue weighted by atomic mass is 10.1. The van der Waals surface area contributed by atoms with Crippen molar-refractivity contribution >= 4 is 35.0 Å². The molecule has 0 saturated carbocycles. The van der Waals surface area contributed by atoms with Gasteiger partial charge < -0.3 is 10.1 Å². The number of ether oxygens (including phenoxy) is 1. The van der Waals surface area contributed by atoms with Gasteiger partial charge in [-0.15, -0.1) is 16.8 Å². The van der Waals surface area contributed by atoms with E-state index in [2.05, 4.69) is 22.1 Å². The maximum atomic E-state index is 13.0. The van der Waals surface area contributed by atoms with Crippen molar-refractivity contribution in [1.29, 1.82) is 0 Å². The summed E-state index contributed by atoms with van der Waals surface area (Å²) < 4.78 is 46.8. The van der Waals surface area contributed by atoms with Crippen LogP contribution in [0.15, 0.2) is 54.2 Å². The zero-order valence-corrected chi connectivity index (χ0v) is 20.9. The minimum Gasteiger partial charge on any atom is -0.483 e. The first kappa shape index (κ1) is 26.6. The highest BCUT2D eigenvalue weighted by atomic mass is 35.5. The third-order valence-electron chi connectivity index (χ3n) is 4.83. The molecule has 0 saturated heterocycles. The molecule has 1 heterocycles. The number of carbonyl (C=O) groups is 1. The summed E-state index contributed by atoms with van der Waals surface area (Å²) in [5.74, 6) is 0.599. The van der Waals surface area contributed by atoms with Crippen LogP contribution in [0, 0.1) is 13.8 Å². The van der Waals surface area contributed by atoms with Crippen molar-refractivity contribution in [2.75, 3.05) is 11.1 Å². The van der Waals surface area contributed by atoms with Crippen molar-refractivity contribution in [3.05, 3.63) is 76.6 Å². The number of thioether (sulfide) groups is 1. The second kappa shape index (κ2) is 11.2. The first-order valence-corrected chi connectivity index (χ1v) is 11.9. The summed E-state index contributed by atoms with van der Waals surface area (Å²) in [5.41, 5.74) is 1.12. The van der Waals surface area contributed by atoms with Gasteiger partial charge in [-0.05, 0) is 62.2 Å². The average Bonchev–Trinajstić information content (AvgIpc) is 3.15. The van der Waals surface area contributed by atoms with Crippen molar-refractivity contribution < 1.29 is 22.7 Å². The summed E-state index contributed by atoms with van der Waals surface area (Å²) in [7, 11) is 0. The molecule has 11 heteroatoms. The molecule has 3 rings (SSSR count). The van der Waals surface area contributed by atoms with Crippen molar-refractivity contribution in [1.82, 2.24) is 14.8 Å². The fraction of sp³-hybridized carbons (Fsp3) is 0.292. The molecule has 0 bridgehead atoms. The molecule has 1 aromatic heterocycles. The second-order valence-corrected chi connectivity index (χ2v) is 9.20. The molecule has 0 spiro atoms. The summed E-state index contributed by atoms with van der Waals surface area (Å²) in [6.45, 7) is 9.95. The summed E-state index contributed by atoms with van der Waals surface area (Å²) in [6.07, 6.45) is -3.31. The van der Waals surface area contributed by atoms with E-state index in [9.17, 15) is 18.0 Å². The van der Waals surface area contributed by atoms with E-state index < -0.39 is 23.8 Å². The minimum absolute atomic E-state index is 0.00539. The first-order valence-electron chi connectivity index (χ1n) is 10.6. The number of rotatable bonds is 9. The molecule has 1 amide bonds. The Morgan fingerprint density at radius 1 is 1.23 bits per heavy atom. The van der Waals surface area contributed by atoms with Gasteiger partial charge in [0.05, 0.1) is 22.0 Å². The highest BCUT2D eigenvalue weighted by Gasteiger charge is 2.31. The van der Waals surface area contributed by atoms with E-state index in [4.69, 9.17) is 16.3 Å². The molecule has 6 nitrogen and oxygen atoms in total. The van der Waals surface area contributed by atoms with E-state index in [0.29, 0.717) is 23.3 Å². The molecular weight excluding hydrogens is 501 g/mol. The van der Waals surface area contributed by atoms with Gasteiger partial charge in [0.25, 0.3) is 0 Å². The van der Waals surface area contributed by atoms with Crippen LogP contribution in [0.25, 0.3) is 0 Å². The quantitative estimate of drug-likeness (QED) is 0.251. The Morgan fingerprint density at radius 2 is 1.91 bits per heavy atom. The fourth-order valence-corrected chi connectivity index (χ4v) is 4.30. The largest absolute Gasteiger partial charge is 0.483 e. The highest BCUT2D eigenvalue weighted by molar-refractivity contribution is 7.99. The molecule has 0 aliphatic heterocycles. The minimum atomic E-state index is -4.55. The number of anilines is 1. The van der Waals surface area contributed by atoms with Crippen LogP contribution in [0.1, 0.15) is 35.5 Å². The Hall–Kier alpha value is -2.98. The number of amides is 1. The molecule has 0 aliphatic carbocycles. The van der Waals surface area contributed by atoms with Gasteiger partial charge in [-0.1, -0.05) is 35.5 Å². The molecule has 0 radical (unpaired) electrons. The van der Waals surface area contributed by atoms with Gasteiger partial charge in [-0.3, -0.25) is 9.36 Å². The van der Waals surface area contributed by atoms with Gasteiger partial charge in [0, 0.05) is 6.54 Å². The summed E-state index contributed by atoms with van der Waals surface area (Å²) >= 11 is 7.05. The van der Waals surface area contributed by atoms with Gasteiger partial charge in [0.2, 0.25) is 5.91 Å². The van der Waals surface area contributed by atoms with Crippen molar-refractivity contribution in [2.24, 2.45) is 0 Å². The summed E-state index contributed by atoms with van der Waals surface area (Å²) in [4.78, 5) is 12.4. The topological polar surface area (TPSA) is 69.0 Å². The highest BCUT2D eigenvalue weighted by Crippen LogP contribution is 2.34. The van der Waals surface area contributed by atoms with E-state index >= 15 is 0 Å². The number of aromatic nitrogens is 3. The van der Waals surface area contributed by atoms with Crippen molar-refractivity contribution in [3.8, 4) is 5.75 Å². The number of hydrogen-bond acceptors (Lipinski definition) is 5. The molecule has 1 unspecified atom stereocenters. The number of nitrogens with zero attached hydrogens (tertiary/aromatic N) is 3. The van der Waals surface area contributed by atoms with Gasteiger partial charge >= 0.3 is 6.18 Å². The molecule has 1 N–H and O–H groups in total. The second-order valence-electron chi connectivity index (χ2n) is 7.85. The van der Waals surface area contributed by atoms with Gasteiger partial charge in [0.1, 0.15) is 5.75 Å². The smallest absolute Gasteiger partial charge is 0.416 e. The fourth-order valence-electron chi connectivity index (χ4n) is 3.38. The number of hydrogen-bond donors (Lipinski definition) is 1. The molecular formula is C24H24ClF3N4O2S. The van der Waals surface area contributed by atoms with E-state index in [0.717, 1.165) is 41.1 Å². The zero-order valence-electron chi connectivity index (χ0n) is 19.3. The Balaban J connectivity index is 1.71. The Kier molecular flexibility index (Phi) is 8.50. The number of aryl methyl sites for hydroxylation is 2. The van der Waals surface area contributed by atoms with Crippen molar-refractivity contribution in [2.45, 2.75) is 44.8 Å². The maximum absolute atomic E-state index is 13.0. The lowest BCUT2D eigenvalue weighted by molar-refractivity contribution is -0.137. The van der Waals surface area contributed by atoms with E-state index in [1.165, 1.54) is 0 Å². The van der Waals surface area contributed by atoms with Crippen LogP contribution in [0.4, 0.5) is 18.9 Å². The Labute approximate surface area is 210 Å².